The molecule has 0 fully saturated rings. The Morgan fingerprint density at radius 1 is 0.277 bits per heavy atom. The van der Waals surface area contributed by atoms with Crippen LogP contribution >= 0.6 is 0 Å². The summed E-state index contributed by atoms with van der Waals surface area (Å²) in [4.78, 5) is 2.40. The van der Waals surface area contributed by atoms with Crippen molar-refractivity contribution >= 4 is 27.8 Å². The van der Waals surface area contributed by atoms with E-state index in [0.717, 1.165) is 17.1 Å². The molecule has 1 heteroatoms. The molecule has 0 saturated heterocycles. The van der Waals surface area contributed by atoms with Gasteiger partial charge in [-0.1, -0.05) is 164 Å². The maximum absolute atomic E-state index is 2.40. The van der Waals surface area contributed by atoms with Gasteiger partial charge in [0, 0.05) is 16.9 Å². The van der Waals surface area contributed by atoms with Crippen LogP contribution in [0.5, 0.6) is 0 Å². The Morgan fingerprint density at radius 2 is 0.723 bits per heavy atom. The second-order valence-corrected chi connectivity index (χ2v) is 11.8. The van der Waals surface area contributed by atoms with Crippen LogP contribution in [0, 0.1) is 0 Å². The van der Waals surface area contributed by atoms with Gasteiger partial charge in [0.25, 0.3) is 0 Å². The van der Waals surface area contributed by atoms with Crippen LogP contribution in [0.15, 0.2) is 200 Å². The summed E-state index contributed by atoms with van der Waals surface area (Å²) in [7, 11) is 0. The fourth-order valence-electron chi connectivity index (χ4n) is 6.58. The van der Waals surface area contributed by atoms with Gasteiger partial charge in [0.15, 0.2) is 0 Å². The monoisotopic (exact) mass is 599 g/mol. The van der Waals surface area contributed by atoms with Crippen molar-refractivity contribution in [1.29, 1.82) is 0 Å². The minimum Gasteiger partial charge on any atom is -0.310 e. The van der Waals surface area contributed by atoms with Crippen LogP contribution in [0.1, 0.15) is 0 Å². The van der Waals surface area contributed by atoms with Crippen molar-refractivity contribution in [2.24, 2.45) is 0 Å². The lowest BCUT2D eigenvalue weighted by Gasteiger charge is -2.29. The first-order chi connectivity index (χ1) is 23.3. The van der Waals surface area contributed by atoms with Crippen molar-refractivity contribution in [2.75, 3.05) is 4.90 Å². The Labute approximate surface area is 276 Å². The SMILES string of the molecule is c1ccc(-c2cccc(N(c3cccc(-c4ccccc4)c3)c3ccccc3-c3cccc(-c4cccc5ccccc45)c3)c2)cc1. The number of hydrogen-bond donors (Lipinski definition) is 0. The van der Waals surface area contributed by atoms with E-state index in [1.807, 2.05) is 0 Å². The van der Waals surface area contributed by atoms with E-state index in [0.29, 0.717) is 0 Å². The molecule has 8 aromatic carbocycles. The molecule has 0 aliphatic carbocycles. The molecule has 0 aliphatic rings. The first kappa shape index (κ1) is 28.3. The summed E-state index contributed by atoms with van der Waals surface area (Å²) >= 11 is 0. The predicted octanol–water partition coefficient (Wildman–Crippen LogP) is 13.0. The number of rotatable bonds is 7. The number of anilines is 3. The Bertz CT molecular complexity index is 2210. The molecule has 0 aliphatic heterocycles. The lowest BCUT2D eigenvalue weighted by atomic mass is 9.94. The van der Waals surface area contributed by atoms with Crippen molar-refractivity contribution in [2.45, 2.75) is 0 Å². The zero-order chi connectivity index (χ0) is 31.4. The molecule has 0 bridgehead atoms. The van der Waals surface area contributed by atoms with Gasteiger partial charge in [0.2, 0.25) is 0 Å². The highest BCUT2D eigenvalue weighted by atomic mass is 15.1. The van der Waals surface area contributed by atoms with Crippen molar-refractivity contribution in [3.8, 4) is 44.5 Å². The number of hydrogen-bond acceptors (Lipinski definition) is 1. The maximum atomic E-state index is 2.40. The van der Waals surface area contributed by atoms with Gasteiger partial charge in [-0.25, -0.2) is 0 Å². The van der Waals surface area contributed by atoms with Crippen LogP contribution in [0.3, 0.4) is 0 Å². The van der Waals surface area contributed by atoms with E-state index in [4.69, 9.17) is 0 Å². The first-order valence-electron chi connectivity index (χ1n) is 16.1. The highest BCUT2D eigenvalue weighted by Gasteiger charge is 2.19. The lowest BCUT2D eigenvalue weighted by Crippen LogP contribution is -2.11. The molecule has 47 heavy (non-hydrogen) atoms. The lowest BCUT2D eigenvalue weighted by molar-refractivity contribution is 1.28. The topological polar surface area (TPSA) is 3.24 Å². The van der Waals surface area contributed by atoms with E-state index < -0.39 is 0 Å². The molecule has 0 spiro atoms. The van der Waals surface area contributed by atoms with Crippen molar-refractivity contribution in [1.82, 2.24) is 0 Å². The molecule has 0 heterocycles. The van der Waals surface area contributed by atoms with Crippen LogP contribution < -0.4 is 4.90 Å². The van der Waals surface area contributed by atoms with E-state index in [-0.39, 0.29) is 0 Å². The fraction of sp³-hybridized carbons (Fsp3) is 0. The summed E-state index contributed by atoms with van der Waals surface area (Å²) in [6.45, 7) is 0. The summed E-state index contributed by atoms with van der Waals surface area (Å²) in [5.74, 6) is 0. The molecular formula is C46H33N. The quantitative estimate of drug-likeness (QED) is 0.176. The van der Waals surface area contributed by atoms with Crippen LogP contribution in [0.4, 0.5) is 17.1 Å². The third kappa shape index (κ3) is 5.72. The highest BCUT2D eigenvalue weighted by Crippen LogP contribution is 2.43. The Kier molecular flexibility index (Phi) is 7.63. The molecule has 0 amide bonds. The molecule has 0 radical (unpaired) electrons. The highest BCUT2D eigenvalue weighted by molar-refractivity contribution is 5.98. The Hall–Kier alpha value is -6.18. The summed E-state index contributed by atoms with van der Waals surface area (Å²) in [5.41, 5.74) is 12.9. The minimum absolute atomic E-state index is 1.11. The van der Waals surface area contributed by atoms with Crippen molar-refractivity contribution in [3.63, 3.8) is 0 Å². The smallest absolute Gasteiger partial charge is 0.0540 e. The van der Waals surface area contributed by atoms with Gasteiger partial charge in [-0.05, 0) is 86.1 Å². The summed E-state index contributed by atoms with van der Waals surface area (Å²) in [5, 5.41) is 2.51. The standard InChI is InChI=1S/C46H33N/c1-3-15-34(16-4-1)37-21-12-25-41(32-37)47(42-26-13-22-38(33-42)35-17-5-2-6-18-35)46-30-10-9-28-45(46)40-24-11-23-39(31-40)44-29-14-20-36-19-7-8-27-43(36)44/h1-33H. The van der Waals surface area contributed by atoms with Gasteiger partial charge in [-0.15, -0.1) is 0 Å². The summed E-state index contributed by atoms with van der Waals surface area (Å²) < 4.78 is 0. The fourth-order valence-corrected chi connectivity index (χ4v) is 6.58. The average Bonchev–Trinajstić information content (AvgIpc) is 3.16. The summed E-state index contributed by atoms with van der Waals surface area (Å²) in [6, 6.07) is 71.9. The number of benzene rings is 8. The Morgan fingerprint density at radius 3 is 1.40 bits per heavy atom. The van der Waals surface area contributed by atoms with E-state index >= 15 is 0 Å². The molecule has 8 rings (SSSR count). The van der Waals surface area contributed by atoms with E-state index in [1.54, 1.807) is 0 Å². The van der Waals surface area contributed by atoms with E-state index in [2.05, 4.69) is 205 Å². The largest absolute Gasteiger partial charge is 0.310 e. The van der Waals surface area contributed by atoms with Crippen LogP contribution in [-0.2, 0) is 0 Å². The zero-order valence-electron chi connectivity index (χ0n) is 26.0. The summed E-state index contributed by atoms with van der Waals surface area (Å²) in [6.07, 6.45) is 0. The number of para-hydroxylation sites is 1. The number of nitrogens with zero attached hydrogens (tertiary/aromatic N) is 1. The second-order valence-electron chi connectivity index (χ2n) is 11.8. The van der Waals surface area contributed by atoms with E-state index in [1.165, 1.54) is 55.3 Å². The average molecular weight is 600 g/mol. The van der Waals surface area contributed by atoms with Gasteiger partial charge >= 0.3 is 0 Å². The predicted molar refractivity (Wildman–Crippen MR) is 200 cm³/mol. The van der Waals surface area contributed by atoms with Gasteiger partial charge in [0.05, 0.1) is 5.69 Å². The van der Waals surface area contributed by atoms with Crippen molar-refractivity contribution < 1.29 is 0 Å². The third-order valence-electron chi connectivity index (χ3n) is 8.84. The first-order valence-corrected chi connectivity index (χ1v) is 16.1. The van der Waals surface area contributed by atoms with Gasteiger partial charge < -0.3 is 4.90 Å². The zero-order valence-corrected chi connectivity index (χ0v) is 26.0. The van der Waals surface area contributed by atoms with Gasteiger partial charge in [-0.3, -0.25) is 0 Å². The molecule has 0 atom stereocenters. The van der Waals surface area contributed by atoms with Gasteiger partial charge in [0.1, 0.15) is 0 Å². The third-order valence-corrected chi connectivity index (χ3v) is 8.84. The second kappa shape index (κ2) is 12.7. The van der Waals surface area contributed by atoms with Gasteiger partial charge in [-0.2, -0.15) is 0 Å². The van der Waals surface area contributed by atoms with Crippen molar-refractivity contribution in [3.05, 3.63) is 200 Å². The number of fused-ring (bicyclic) bond motifs is 1. The molecule has 0 saturated carbocycles. The molecule has 222 valence electrons. The van der Waals surface area contributed by atoms with E-state index in [9.17, 15) is 0 Å². The maximum Gasteiger partial charge on any atom is 0.0540 e. The molecule has 0 N–H and O–H groups in total. The van der Waals surface area contributed by atoms with Crippen LogP contribution in [-0.4, -0.2) is 0 Å². The normalized spacial score (nSPS) is 11.0. The van der Waals surface area contributed by atoms with Crippen LogP contribution in [0.25, 0.3) is 55.3 Å². The molecular weight excluding hydrogens is 567 g/mol. The molecule has 0 aromatic heterocycles. The van der Waals surface area contributed by atoms with Crippen LogP contribution in [0.2, 0.25) is 0 Å². The molecule has 0 unspecified atom stereocenters. The Balaban J connectivity index is 1.31. The molecule has 8 aromatic rings. The molecule has 1 nitrogen and oxygen atoms in total. The minimum atomic E-state index is 1.11.